The highest BCUT2D eigenvalue weighted by molar-refractivity contribution is 5.81. The fourth-order valence-corrected chi connectivity index (χ4v) is 1.76. The quantitative estimate of drug-likeness (QED) is 0.610. The van der Waals surface area contributed by atoms with E-state index in [0.29, 0.717) is 17.6 Å². The van der Waals surface area contributed by atoms with E-state index in [1.165, 1.54) is 0 Å². The molecule has 0 aliphatic heterocycles. The summed E-state index contributed by atoms with van der Waals surface area (Å²) in [6.07, 6.45) is 1.15. The number of rotatable bonds is 3. The molecular weight excluding hydrogens is 136 g/mol. The maximum atomic E-state index is 10.9. The number of hydrogen-bond donors (Lipinski definition) is 0. The Labute approximate surface area is 69.2 Å². The summed E-state index contributed by atoms with van der Waals surface area (Å²) in [5.74, 6) is 2.95. The van der Waals surface area contributed by atoms with E-state index in [9.17, 15) is 4.79 Å². The van der Waals surface area contributed by atoms with Crippen molar-refractivity contribution < 1.29 is 4.79 Å². The third kappa shape index (κ3) is 1.82. The summed E-state index contributed by atoms with van der Waals surface area (Å²) in [6.45, 7) is 8.45. The van der Waals surface area contributed by atoms with Gasteiger partial charge in [0.05, 0.1) is 0 Å². The molecule has 0 aromatic rings. The molecule has 1 nitrogen and oxygen atoms in total. The second-order valence-corrected chi connectivity index (χ2v) is 4.22. The first-order chi connectivity index (χ1) is 5.04. The van der Waals surface area contributed by atoms with Crippen LogP contribution in [0.3, 0.4) is 0 Å². The Hall–Kier alpha value is -0.330. The van der Waals surface area contributed by atoms with Crippen LogP contribution in [0.15, 0.2) is 0 Å². The molecule has 0 heterocycles. The fourth-order valence-electron chi connectivity index (χ4n) is 1.76. The fraction of sp³-hybridized carbons (Fsp3) is 0.900. The molecular formula is C10H18O. The van der Waals surface area contributed by atoms with Crippen molar-refractivity contribution in [2.45, 2.75) is 34.1 Å². The van der Waals surface area contributed by atoms with Gasteiger partial charge in [-0.1, -0.05) is 20.8 Å². The second-order valence-electron chi connectivity index (χ2n) is 4.22. The van der Waals surface area contributed by atoms with Crippen molar-refractivity contribution >= 4 is 5.78 Å². The Bertz CT molecular complexity index is 160. The summed E-state index contributed by atoms with van der Waals surface area (Å²) < 4.78 is 0. The lowest BCUT2D eigenvalue weighted by atomic mass is 9.91. The third-order valence-corrected chi connectivity index (χ3v) is 3.09. The zero-order valence-electron chi connectivity index (χ0n) is 7.92. The average Bonchev–Trinajstić information content (AvgIpc) is 2.63. The number of Topliss-reactive ketones (excluding diaryl/α,β-unsaturated/α-hetero) is 1. The van der Waals surface area contributed by atoms with E-state index in [1.807, 2.05) is 0 Å². The Kier molecular flexibility index (Phi) is 2.36. The summed E-state index contributed by atoms with van der Waals surface area (Å²) in [5.41, 5.74) is 0. The first kappa shape index (κ1) is 8.76. The maximum absolute atomic E-state index is 10.9. The van der Waals surface area contributed by atoms with Gasteiger partial charge in [-0.15, -0.1) is 0 Å². The van der Waals surface area contributed by atoms with Crippen LogP contribution in [0.25, 0.3) is 0 Å². The predicted molar refractivity (Wildman–Crippen MR) is 46.3 cm³/mol. The van der Waals surface area contributed by atoms with Crippen molar-refractivity contribution in [2.75, 3.05) is 0 Å². The molecule has 0 spiro atoms. The van der Waals surface area contributed by atoms with E-state index < -0.39 is 0 Å². The minimum absolute atomic E-state index is 0.391. The van der Waals surface area contributed by atoms with Crippen LogP contribution in [0.2, 0.25) is 0 Å². The van der Waals surface area contributed by atoms with Crippen molar-refractivity contribution in [3.8, 4) is 0 Å². The van der Waals surface area contributed by atoms with Gasteiger partial charge in [0.2, 0.25) is 0 Å². The van der Waals surface area contributed by atoms with Crippen LogP contribution >= 0.6 is 0 Å². The molecule has 1 rings (SSSR count). The molecule has 0 radical (unpaired) electrons. The Balaban J connectivity index is 2.37. The molecule has 11 heavy (non-hydrogen) atoms. The zero-order chi connectivity index (χ0) is 8.59. The molecule has 0 amide bonds. The molecule has 1 fully saturated rings. The maximum Gasteiger partial charge on any atom is 0.133 e. The molecule has 0 aromatic heterocycles. The molecule has 1 aliphatic rings. The Morgan fingerprint density at radius 1 is 1.36 bits per heavy atom. The molecule has 64 valence electrons. The van der Waals surface area contributed by atoms with Crippen LogP contribution in [0, 0.1) is 23.7 Å². The second kappa shape index (κ2) is 2.96. The van der Waals surface area contributed by atoms with E-state index in [1.54, 1.807) is 6.92 Å². The summed E-state index contributed by atoms with van der Waals surface area (Å²) in [6, 6.07) is 0. The molecule has 0 bridgehead atoms. The van der Waals surface area contributed by atoms with Crippen LogP contribution < -0.4 is 0 Å². The van der Waals surface area contributed by atoms with Crippen LogP contribution in [-0.4, -0.2) is 5.78 Å². The highest BCUT2D eigenvalue weighted by Gasteiger charge is 2.44. The lowest BCUT2D eigenvalue weighted by Crippen LogP contribution is -2.09. The van der Waals surface area contributed by atoms with E-state index >= 15 is 0 Å². The number of carbonyl (C=O) groups is 1. The summed E-state index contributed by atoms with van der Waals surface area (Å²) in [5, 5.41) is 0. The number of hydrogen-bond acceptors (Lipinski definition) is 1. The van der Waals surface area contributed by atoms with Gasteiger partial charge in [-0.2, -0.15) is 0 Å². The summed E-state index contributed by atoms with van der Waals surface area (Å²) in [4.78, 5) is 10.9. The lowest BCUT2D eigenvalue weighted by Gasteiger charge is -2.14. The van der Waals surface area contributed by atoms with Gasteiger partial charge in [0.1, 0.15) is 5.78 Å². The molecule has 3 unspecified atom stereocenters. The smallest absolute Gasteiger partial charge is 0.133 e. The van der Waals surface area contributed by atoms with Gasteiger partial charge >= 0.3 is 0 Å². The van der Waals surface area contributed by atoms with Gasteiger partial charge in [-0.05, 0) is 31.1 Å². The molecule has 1 aliphatic carbocycles. The van der Waals surface area contributed by atoms with Crippen LogP contribution in [-0.2, 0) is 4.79 Å². The Morgan fingerprint density at radius 2 is 1.91 bits per heavy atom. The standard InChI is InChI=1S/C10H18O/c1-6(2)7(3)9-5-10(9)8(4)11/h6-7,9-10H,5H2,1-4H3. The first-order valence-electron chi connectivity index (χ1n) is 4.54. The highest BCUT2D eigenvalue weighted by Crippen LogP contribution is 2.47. The molecule has 1 saturated carbocycles. The molecule has 0 saturated heterocycles. The topological polar surface area (TPSA) is 17.1 Å². The number of ketones is 1. The minimum Gasteiger partial charge on any atom is -0.300 e. The third-order valence-electron chi connectivity index (χ3n) is 3.09. The van der Waals surface area contributed by atoms with Crippen LogP contribution in [0.1, 0.15) is 34.1 Å². The van der Waals surface area contributed by atoms with Gasteiger partial charge in [0, 0.05) is 5.92 Å². The van der Waals surface area contributed by atoms with Crippen molar-refractivity contribution in [1.29, 1.82) is 0 Å². The Morgan fingerprint density at radius 3 is 2.18 bits per heavy atom. The van der Waals surface area contributed by atoms with Crippen LogP contribution in [0.4, 0.5) is 0 Å². The van der Waals surface area contributed by atoms with E-state index in [4.69, 9.17) is 0 Å². The van der Waals surface area contributed by atoms with Gasteiger partial charge in [-0.25, -0.2) is 0 Å². The molecule has 0 aromatic carbocycles. The van der Waals surface area contributed by atoms with Crippen molar-refractivity contribution in [1.82, 2.24) is 0 Å². The van der Waals surface area contributed by atoms with E-state index in [-0.39, 0.29) is 0 Å². The SMILES string of the molecule is CC(=O)C1CC1C(C)C(C)C. The normalized spacial score (nSPS) is 32.1. The lowest BCUT2D eigenvalue weighted by molar-refractivity contribution is -0.118. The van der Waals surface area contributed by atoms with Gasteiger partial charge < -0.3 is 0 Å². The van der Waals surface area contributed by atoms with Gasteiger partial charge in [0.25, 0.3) is 0 Å². The van der Waals surface area contributed by atoms with Crippen molar-refractivity contribution in [2.24, 2.45) is 23.7 Å². The van der Waals surface area contributed by atoms with Gasteiger partial charge in [0.15, 0.2) is 0 Å². The highest BCUT2D eigenvalue weighted by atomic mass is 16.1. The summed E-state index contributed by atoms with van der Waals surface area (Å²) >= 11 is 0. The number of carbonyl (C=O) groups excluding carboxylic acids is 1. The minimum atomic E-state index is 0.391. The van der Waals surface area contributed by atoms with E-state index in [0.717, 1.165) is 18.3 Å². The monoisotopic (exact) mass is 154 g/mol. The molecule has 3 atom stereocenters. The van der Waals surface area contributed by atoms with Crippen molar-refractivity contribution in [3.63, 3.8) is 0 Å². The van der Waals surface area contributed by atoms with Crippen molar-refractivity contribution in [3.05, 3.63) is 0 Å². The molecule has 1 heteroatoms. The summed E-state index contributed by atoms with van der Waals surface area (Å²) in [7, 11) is 0. The van der Waals surface area contributed by atoms with E-state index in [2.05, 4.69) is 20.8 Å². The predicted octanol–water partition coefficient (Wildman–Crippen LogP) is 2.50. The average molecular weight is 154 g/mol. The zero-order valence-corrected chi connectivity index (χ0v) is 7.92. The largest absolute Gasteiger partial charge is 0.300 e. The van der Waals surface area contributed by atoms with Gasteiger partial charge in [-0.3, -0.25) is 4.79 Å². The first-order valence-corrected chi connectivity index (χ1v) is 4.54. The molecule has 0 N–H and O–H groups in total. The van der Waals surface area contributed by atoms with Crippen LogP contribution in [0.5, 0.6) is 0 Å².